The van der Waals surface area contributed by atoms with Gasteiger partial charge in [0.2, 0.25) is 5.91 Å². The van der Waals surface area contributed by atoms with Crippen LogP contribution in [0.1, 0.15) is 37.7 Å². The largest absolute Gasteiger partial charge is 0.378 e. The molecule has 5 fully saturated rings. The number of morpholine rings is 1. The molecule has 4 aliphatic carbocycles. The number of ether oxygens (including phenoxy) is 1. The average molecular weight is 369 g/mol. The zero-order valence-corrected chi connectivity index (χ0v) is 16.5. The molecule has 0 spiro atoms. The van der Waals surface area contributed by atoms with Crippen LogP contribution in [0.25, 0.3) is 0 Å². The van der Waals surface area contributed by atoms with E-state index in [1.807, 2.05) is 11.9 Å². The first-order valence-corrected chi connectivity index (χ1v) is 10.8. The minimum absolute atomic E-state index is 0.301. The molecule has 0 atom stereocenters. The van der Waals surface area contributed by atoms with Crippen LogP contribution < -0.4 is 4.90 Å². The second-order valence-electron chi connectivity index (χ2n) is 9.42. The van der Waals surface area contributed by atoms with Gasteiger partial charge in [-0.3, -0.25) is 4.79 Å². The third kappa shape index (κ3) is 3.37. The van der Waals surface area contributed by atoms with Crippen molar-refractivity contribution in [1.82, 2.24) is 4.90 Å². The topological polar surface area (TPSA) is 32.8 Å². The van der Waals surface area contributed by atoms with Crippen molar-refractivity contribution in [2.75, 3.05) is 38.3 Å². The summed E-state index contributed by atoms with van der Waals surface area (Å²) in [6.07, 6.45) is 6.69. The molecule has 146 valence electrons. The van der Waals surface area contributed by atoms with Gasteiger partial charge in [0.05, 0.1) is 13.2 Å². The molecule has 1 heterocycles. The van der Waals surface area contributed by atoms with Crippen molar-refractivity contribution in [3.05, 3.63) is 29.8 Å². The Bertz CT molecular complexity index is 652. The molecule has 1 aromatic carbocycles. The van der Waals surface area contributed by atoms with Gasteiger partial charge in [0.25, 0.3) is 0 Å². The van der Waals surface area contributed by atoms with E-state index in [4.69, 9.17) is 4.74 Å². The van der Waals surface area contributed by atoms with Crippen molar-refractivity contribution in [3.63, 3.8) is 0 Å². The lowest BCUT2D eigenvalue weighted by atomic mass is 9.51. The fourth-order valence-corrected chi connectivity index (χ4v) is 6.57. The van der Waals surface area contributed by atoms with Crippen molar-refractivity contribution in [2.24, 2.45) is 29.6 Å². The monoisotopic (exact) mass is 368 g/mol. The summed E-state index contributed by atoms with van der Waals surface area (Å²) in [6, 6.07) is 8.76. The summed E-state index contributed by atoms with van der Waals surface area (Å²) in [6.45, 7) is 4.27. The Morgan fingerprint density at radius 1 is 1.00 bits per heavy atom. The Balaban J connectivity index is 1.22. The van der Waals surface area contributed by atoms with Gasteiger partial charge < -0.3 is 14.5 Å². The lowest BCUT2D eigenvalue weighted by Gasteiger charge is -2.54. The molecular formula is C23H32N2O2. The van der Waals surface area contributed by atoms with Crippen molar-refractivity contribution in [2.45, 2.75) is 38.6 Å². The quantitative estimate of drug-likeness (QED) is 0.815. The maximum atomic E-state index is 13.3. The zero-order chi connectivity index (χ0) is 18.4. The maximum Gasteiger partial charge on any atom is 0.226 e. The summed E-state index contributed by atoms with van der Waals surface area (Å²) < 4.78 is 5.44. The van der Waals surface area contributed by atoms with Gasteiger partial charge in [0, 0.05) is 38.3 Å². The van der Waals surface area contributed by atoms with Crippen molar-refractivity contribution in [1.29, 1.82) is 0 Å². The molecule has 4 nitrogen and oxygen atoms in total. The molecule has 6 rings (SSSR count). The molecule has 0 unspecified atom stereocenters. The van der Waals surface area contributed by atoms with Crippen LogP contribution in [0.4, 0.5) is 5.69 Å². The number of hydrogen-bond donors (Lipinski definition) is 0. The summed E-state index contributed by atoms with van der Waals surface area (Å²) in [5.74, 6) is 3.89. The predicted octanol–water partition coefficient (Wildman–Crippen LogP) is 3.55. The summed E-state index contributed by atoms with van der Waals surface area (Å²) in [4.78, 5) is 17.6. The predicted molar refractivity (Wildman–Crippen MR) is 106 cm³/mol. The average Bonchev–Trinajstić information content (AvgIpc) is 2.68. The molecule has 1 amide bonds. The minimum atomic E-state index is 0.301. The van der Waals surface area contributed by atoms with Crippen LogP contribution in [0.5, 0.6) is 0 Å². The van der Waals surface area contributed by atoms with Crippen LogP contribution in [0.3, 0.4) is 0 Å². The summed E-state index contributed by atoms with van der Waals surface area (Å²) in [5, 5.41) is 0. The highest BCUT2D eigenvalue weighted by Gasteiger charge is 2.51. The molecule has 4 bridgehead atoms. The van der Waals surface area contributed by atoms with E-state index in [0.29, 0.717) is 23.7 Å². The summed E-state index contributed by atoms with van der Waals surface area (Å²) in [5.41, 5.74) is 2.49. The third-order valence-corrected chi connectivity index (χ3v) is 7.62. The van der Waals surface area contributed by atoms with Gasteiger partial charge in [0.15, 0.2) is 0 Å². The maximum absolute atomic E-state index is 13.3. The van der Waals surface area contributed by atoms with Crippen LogP contribution in [0.15, 0.2) is 24.3 Å². The van der Waals surface area contributed by atoms with E-state index in [2.05, 4.69) is 29.2 Å². The van der Waals surface area contributed by atoms with E-state index in [1.165, 1.54) is 43.4 Å². The number of anilines is 1. The van der Waals surface area contributed by atoms with Crippen LogP contribution in [0, 0.1) is 29.6 Å². The van der Waals surface area contributed by atoms with E-state index >= 15 is 0 Å². The SMILES string of the molecule is CN(Cc1ccc(N2CCOCC2)cc1)C(=O)C1C2CC3CC(C2)CC1C3. The molecule has 1 saturated heterocycles. The first-order chi connectivity index (χ1) is 13.2. The fraction of sp³-hybridized carbons (Fsp3) is 0.696. The van der Waals surface area contributed by atoms with E-state index in [0.717, 1.165) is 44.7 Å². The molecule has 0 N–H and O–H groups in total. The van der Waals surface area contributed by atoms with Gasteiger partial charge in [-0.25, -0.2) is 0 Å². The van der Waals surface area contributed by atoms with E-state index in [1.54, 1.807) is 0 Å². The highest BCUT2D eigenvalue weighted by Crippen LogP contribution is 2.56. The highest BCUT2D eigenvalue weighted by atomic mass is 16.5. The number of nitrogens with zero attached hydrogens (tertiary/aromatic N) is 2. The number of carbonyl (C=O) groups is 1. The van der Waals surface area contributed by atoms with E-state index < -0.39 is 0 Å². The number of benzene rings is 1. The molecule has 1 aromatic rings. The summed E-state index contributed by atoms with van der Waals surface area (Å²) >= 11 is 0. The Morgan fingerprint density at radius 2 is 1.59 bits per heavy atom. The van der Waals surface area contributed by atoms with Gasteiger partial charge in [-0.15, -0.1) is 0 Å². The van der Waals surface area contributed by atoms with Gasteiger partial charge in [-0.05, 0) is 73.5 Å². The number of carbonyl (C=O) groups excluding carboxylic acids is 1. The standard InChI is InChI=1S/C23H32N2O2/c1-24(15-16-2-4-21(5-3-16)25-6-8-27-9-7-25)23(26)22-19-11-17-10-18(13-19)14-20(22)12-17/h2-5,17-20,22H,6-15H2,1H3. The fourth-order valence-electron chi connectivity index (χ4n) is 6.57. The molecular weight excluding hydrogens is 336 g/mol. The van der Waals surface area contributed by atoms with Crippen molar-refractivity contribution in [3.8, 4) is 0 Å². The van der Waals surface area contributed by atoms with Gasteiger partial charge in [-0.2, -0.15) is 0 Å². The molecule has 1 aliphatic heterocycles. The first-order valence-electron chi connectivity index (χ1n) is 10.8. The number of rotatable bonds is 4. The molecule has 0 aromatic heterocycles. The molecule has 5 aliphatic rings. The summed E-state index contributed by atoms with van der Waals surface area (Å²) in [7, 11) is 2.00. The minimum Gasteiger partial charge on any atom is -0.378 e. The van der Waals surface area contributed by atoms with Crippen LogP contribution in [0.2, 0.25) is 0 Å². The molecule has 4 heteroatoms. The Labute approximate surface area is 162 Å². The van der Waals surface area contributed by atoms with E-state index in [-0.39, 0.29) is 0 Å². The van der Waals surface area contributed by atoms with Gasteiger partial charge >= 0.3 is 0 Å². The normalized spacial score (nSPS) is 34.7. The Morgan fingerprint density at radius 3 is 2.19 bits per heavy atom. The van der Waals surface area contributed by atoms with Crippen LogP contribution in [-0.4, -0.2) is 44.2 Å². The molecule has 4 saturated carbocycles. The third-order valence-electron chi connectivity index (χ3n) is 7.62. The Kier molecular flexibility index (Phi) is 4.63. The number of amides is 1. The second-order valence-corrected chi connectivity index (χ2v) is 9.42. The van der Waals surface area contributed by atoms with Crippen LogP contribution >= 0.6 is 0 Å². The number of hydrogen-bond acceptors (Lipinski definition) is 3. The Hall–Kier alpha value is -1.55. The first kappa shape index (κ1) is 17.5. The zero-order valence-electron chi connectivity index (χ0n) is 16.5. The van der Waals surface area contributed by atoms with Gasteiger partial charge in [-0.1, -0.05) is 12.1 Å². The molecule has 0 radical (unpaired) electrons. The molecule has 27 heavy (non-hydrogen) atoms. The van der Waals surface area contributed by atoms with Crippen LogP contribution in [-0.2, 0) is 16.1 Å². The highest BCUT2D eigenvalue weighted by molar-refractivity contribution is 5.79. The lowest BCUT2D eigenvalue weighted by molar-refractivity contribution is -0.148. The smallest absolute Gasteiger partial charge is 0.226 e. The van der Waals surface area contributed by atoms with E-state index in [9.17, 15) is 4.79 Å². The van der Waals surface area contributed by atoms with Crippen molar-refractivity contribution >= 4 is 11.6 Å². The van der Waals surface area contributed by atoms with Gasteiger partial charge in [0.1, 0.15) is 0 Å². The van der Waals surface area contributed by atoms with Crippen molar-refractivity contribution < 1.29 is 9.53 Å². The second kappa shape index (κ2) is 7.12. The lowest BCUT2D eigenvalue weighted by Crippen LogP contribution is -2.51.